The molecular weight excluding hydrogens is 326 g/mol. The number of amides is 1. The lowest BCUT2D eigenvalue weighted by atomic mass is 10.2. The Hall–Kier alpha value is -2.70. The minimum absolute atomic E-state index is 0.0500. The number of alkyl carbamates (subject to hydrolysis) is 1. The summed E-state index contributed by atoms with van der Waals surface area (Å²) in [5.41, 5.74) is 0.199. The van der Waals surface area contributed by atoms with Crippen LogP contribution in [0.2, 0.25) is 0 Å². The fourth-order valence-corrected chi connectivity index (χ4v) is 1.79. The van der Waals surface area contributed by atoms with Crippen molar-refractivity contribution in [1.82, 2.24) is 5.32 Å². The van der Waals surface area contributed by atoms with E-state index in [4.69, 9.17) is 18.9 Å². The summed E-state index contributed by atoms with van der Waals surface area (Å²) in [6.45, 7) is 5.53. The third kappa shape index (κ3) is 8.10. The molecule has 0 unspecified atom stereocenters. The van der Waals surface area contributed by atoms with Crippen LogP contribution in [0.1, 0.15) is 26.3 Å². The van der Waals surface area contributed by atoms with Gasteiger partial charge in [-0.25, -0.2) is 9.59 Å². The summed E-state index contributed by atoms with van der Waals surface area (Å²) in [7, 11) is 3.09. The molecule has 0 spiro atoms. The monoisotopic (exact) mass is 351 g/mol. The molecule has 0 aliphatic carbocycles. The minimum Gasteiger partial charge on any atom is -0.493 e. The Bertz CT molecular complexity index is 618. The van der Waals surface area contributed by atoms with Gasteiger partial charge in [0, 0.05) is 6.08 Å². The number of hydrogen-bond donors (Lipinski definition) is 1. The van der Waals surface area contributed by atoms with Gasteiger partial charge in [0.25, 0.3) is 0 Å². The molecule has 0 radical (unpaired) electrons. The van der Waals surface area contributed by atoms with E-state index in [2.05, 4.69) is 5.32 Å². The molecule has 25 heavy (non-hydrogen) atoms. The first-order valence-electron chi connectivity index (χ1n) is 7.79. The summed E-state index contributed by atoms with van der Waals surface area (Å²) < 4.78 is 20.4. The summed E-state index contributed by atoms with van der Waals surface area (Å²) in [6.07, 6.45) is 2.35. The zero-order chi connectivity index (χ0) is 18.9. The SMILES string of the molecule is COc1ccc(/C=C/C(=O)OCCNC(=O)OC(C)(C)C)cc1OC. The molecule has 1 N–H and O–H groups in total. The fourth-order valence-electron chi connectivity index (χ4n) is 1.79. The van der Waals surface area contributed by atoms with Crippen LogP contribution < -0.4 is 14.8 Å². The predicted octanol–water partition coefficient (Wildman–Crippen LogP) is 2.78. The highest BCUT2D eigenvalue weighted by molar-refractivity contribution is 5.87. The zero-order valence-corrected chi connectivity index (χ0v) is 15.3. The van der Waals surface area contributed by atoms with E-state index in [-0.39, 0.29) is 13.2 Å². The molecule has 0 aromatic heterocycles. The molecule has 7 heteroatoms. The standard InChI is InChI=1S/C18H25NO6/c1-18(2,3)25-17(21)19-10-11-24-16(20)9-7-13-6-8-14(22-4)15(12-13)23-5/h6-9,12H,10-11H2,1-5H3,(H,19,21)/b9-7+. The molecule has 138 valence electrons. The van der Waals surface area contributed by atoms with Crippen LogP contribution in [-0.4, -0.2) is 45.0 Å². The van der Waals surface area contributed by atoms with E-state index in [1.165, 1.54) is 13.2 Å². The number of hydrogen-bond acceptors (Lipinski definition) is 6. The van der Waals surface area contributed by atoms with Gasteiger partial charge in [-0.05, 0) is 44.5 Å². The van der Waals surface area contributed by atoms with E-state index in [0.717, 1.165) is 5.56 Å². The highest BCUT2D eigenvalue weighted by atomic mass is 16.6. The van der Waals surface area contributed by atoms with E-state index in [1.807, 2.05) is 0 Å². The molecule has 1 aromatic rings. The van der Waals surface area contributed by atoms with Crippen LogP contribution in [0.4, 0.5) is 4.79 Å². The lowest BCUT2D eigenvalue weighted by Crippen LogP contribution is -2.34. The van der Waals surface area contributed by atoms with Crippen molar-refractivity contribution in [3.8, 4) is 11.5 Å². The third-order valence-corrected chi connectivity index (χ3v) is 2.83. The van der Waals surface area contributed by atoms with Gasteiger partial charge in [-0.3, -0.25) is 0 Å². The van der Waals surface area contributed by atoms with Crippen molar-refractivity contribution in [3.63, 3.8) is 0 Å². The molecule has 0 saturated carbocycles. The first-order chi connectivity index (χ1) is 11.7. The summed E-state index contributed by atoms with van der Waals surface area (Å²) in [5.74, 6) is 0.663. The van der Waals surface area contributed by atoms with Crippen molar-refractivity contribution in [2.24, 2.45) is 0 Å². The fraction of sp³-hybridized carbons (Fsp3) is 0.444. The molecule has 7 nitrogen and oxygen atoms in total. The average molecular weight is 351 g/mol. The summed E-state index contributed by atoms with van der Waals surface area (Å²) >= 11 is 0. The normalized spacial score (nSPS) is 11.1. The topological polar surface area (TPSA) is 83.1 Å². The third-order valence-electron chi connectivity index (χ3n) is 2.83. The Morgan fingerprint density at radius 1 is 1.12 bits per heavy atom. The van der Waals surface area contributed by atoms with Crippen LogP contribution in [0.3, 0.4) is 0 Å². The molecule has 1 aromatic carbocycles. The second-order valence-corrected chi connectivity index (χ2v) is 6.04. The molecule has 1 amide bonds. The zero-order valence-electron chi connectivity index (χ0n) is 15.3. The van der Waals surface area contributed by atoms with Crippen LogP contribution in [0.15, 0.2) is 24.3 Å². The Kier molecular flexibility index (Phi) is 7.78. The van der Waals surface area contributed by atoms with Crippen LogP contribution in [-0.2, 0) is 14.3 Å². The maximum atomic E-state index is 11.7. The van der Waals surface area contributed by atoms with Crippen LogP contribution in [0, 0.1) is 0 Å². The van der Waals surface area contributed by atoms with Gasteiger partial charge in [0.05, 0.1) is 20.8 Å². The van der Waals surface area contributed by atoms with Gasteiger partial charge in [-0.15, -0.1) is 0 Å². The van der Waals surface area contributed by atoms with Gasteiger partial charge in [0.1, 0.15) is 12.2 Å². The van der Waals surface area contributed by atoms with Crippen molar-refractivity contribution in [2.75, 3.05) is 27.4 Å². The largest absolute Gasteiger partial charge is 0.493 e. The number of nitrogens with one attached hydrogen (secondary N) is 1. The van der Waals surface area contributed by atoms with Crippen molar-refractivity contribution < 1.29 is 28.5 Å². The number of ether oxygens (including phenoxy) is 4. The van der Waals surface area contributed by atoms with Gasteiger partial charge in [-0.1, -0.05) is 6.07 Å². The average Bonchev–Trinajstić information content (AvgIpc) is 2.55. The number of rotatable bonds is 7. The van der Waals surface area contributed by atoms with Crippen LogP contribution >= 0.6 is 0 Å². The Labute approximate surface area is 147 Å². The maximum absolute atomic E-state index is 11.7. The highest BCUT2D eigenvalue weighted by Gasteiger charge is 2.15. The van der Waals surface area contributed by atoms with Crippen molar-refractivity contribution in [2.45, 2.75) is 26.4 Å². The lowest BCUT2D eigenvalue weighted by molar-refractivity contribution is -0.137. The Balaban J connectivity index is 2.39. The van der Waals surface area contributed by atoms with E-state index in [0.29, 0.717) is 11.5 Å². The number of carbonyl (C=O) groups excluding carboxylic acids is 2. The quantitative estimate of drug-likeness (QED) is 0.462. The van der Waals surface area contributed by atoms with Crippen LogP contribution in [0.25, 0.3) is 6.08 Å². The van der Waals surface area contributed by atoms with Crippen LogP contribution in [0.5, 0.6) is 11.5 Å². The van der Waals surface area contributed by atoms with Gasteiger partial charge < -0.3 is 24.3 Å². The van der Waals surface area contributed by atoms with E-state index in [1.54, 1.807) is 52.2 Å². The second kappa shape index (κ2) is 9.56. The molecule has 0 heterocycles. The van der Waals surface area contributed by atoms with Gasteiger partial charge in [-0.2, -0.15) is 0 Å². The molecular formula is C18H25NO6. The number of methoxy groups -OCH3 is 2. The number of esters is 1. The lowest BCUT2D eigenvalue weighted by Gasteiger charge is -2.19. The number of benzene rings is 1. The summed E-state index contributed by atoms with van der Waals surface area (Å²) in [4.78, 5) is 23.1. The molecule has 0 aliphatic rings. The van der Waals surface area contributed by atoms with E-state index >= 15 is 0 Å². The van der Waals surface area contributed by atoms with Crippen molar-refractivity contribution in [3.05, 3.63) is 29.8 Å². The van der Waals surface area contributed by atoms with E-state index < -0.39 is 17.7 Å². The molecule has 0 atom stereocenters. The summed E-state index contributed by atoms with van der Waals surface area (Å²) in [6, 6.07) is 5.27. The second-order valence-electron chi connectivity index (χ2n) is 6.04. The molecule has 0 saturated heterocycles. The van der Waals surface area contributed by atoms with E-state index in [9.17, 15) is 9.59 Å². The molecule has 0 aliphatic heterocycles. The van der Waals surface area contributed by atoms with Gasteiger partial charge >= 0.3 is 12.1 Å². The first kappa shape index (κ1) is 20.3. The Morgan fingerprint density at radius 2 is 1.80 bits per heavy atom. The molecule has 1 rings (SSSR count). The summed E-state index contributed by atoms with van der Waals surface area (Å²) in [5, 5.41) is 2.50. The van der Waals surface area contributed by atoms with Crippen molar-refractivity contribution in [1.29, 1.82) is 0 Å². The van der Waals surface area contributed by atoms with Gasteiger partial charge in [0.2, 0.25) is 0 Å². The van der Waals surface area contributed by atoms with Crippen molar-refractivity contribution >= 4 is 18.1 Å². The minimum atomic E-state index is -0.567. The highest BCUT2D eigenvalue weighted by Crippen LogP contribution is 2.27. The first-order valence-corrected chi connectivity index (χ1v) is 7.79. The van der Waals surface area contributed by atoms with Gasteiger partial charge in [0.15, 0.2) is 11.5 Å². The maximum Gasteiger partial charge on any atom is 0.407 e. The number of carbonyl (C=O) groups is 2. The smallest absolute Gasteiger partial charge is 0.407 e. The molecule has 0 fully saturated rings. The molecule has 0 bridgehead atoms. The Morgan fingerprint density at radius 3 is 2.40 bits per heavy atom. The predicted molar refractivity (Wildman–Crippen MR) is 93.8 cm³/mol.